The molecular weight excluding hydrogens is 400 g/mol. The quantitative estimate of drug-likeness (QED) is 0.798. The minimum atomic E-state index is -0.0740. The molecule has 1 atom stereocenters. The van der Waals surface area contributed by atoms with Gasteiger partial charge in [0.15, 0.2) is 0 Å². The van der Waals surface area contributed by atoms with E-state index < -0.39 is 0 Å². The van der Waals surface area contributed by atoms with Crippen LogP contribution in [0.4, 0.5) is 11.4 Å². The summed E-state index contributed by atoms with van der Waals surface area (Å²) in [5.41, 5.74) is 2.92. The maximum absolute atomic E-state index is 13.0. The zero-order chi connectivity index (χ0) is 21.1. The molecule has 158 valence electrons. The maximum atomic E-state index is 13.0. The predicted octanol–water partition coefficient (Wildman–Crippen LogP) is 2.87. The number of rotatable bonds is 5. The van der Waals surface area contributed by atoms with Crippen molar-refractivity contribution >= 4 is 34.8 Å². The van der Waals surface area contributed by atoms with E-state index in [1.54, 1.807) is 12.1 Å². The number of anilines is 2. The van der Waals surface area contributed by atoms with E-state index in [1.165, 1.54) is 5.56 Å². The summed E-state index contributed by atoms with van der Waals surface area (Å²) < 4.78 is 0. The highest BCUT2D eigenvalue weighted by Crippen LogP contribution is 2.31. The molecule has 0 saturated carbocycles. The second kappa shape index (κ2) is 9.16. The number of fused-ring (bicyclic) bond motifs is 1. The lowest BCUT2D eigenvalue weighted by molar-refractivity contribution is -0.121. The van der Waals surface area contributed by atoms with Gasteiger partial charge in [-0.15, -0.1) is 0 Å². The number of para-hydroxylation sites is 2. The Labute approximate surface area is 182 Å². The van der Waals surface area contributed by atoms with Crippen molar-refractivity contribution in [2.45, 2.75) is 19.4 Å². The van der Waals surface area contributed by atoms with Crippen LogP contribution in [0.25, 0.3) is 0 Å². The van der Waals surface area contributed by atoms with Crippen LogP contribution >= 0.6 is 11.6 Å². The SMILES string of the molecule is C[C@@H]1Cc2ccccc2N1C(=O)CN1CCN(CC(=O)Nc2ccccc2Cl)CC1. The predicted molar refractivity (Wildman–Crippen MR) is 120 cm³/mol. The third-order valence-electron chi connectivity index (χ3n) is 5.81. The molecule has 0 spiro atoms. The van der Waals surface area contributed by atoms with Gasteiger partial charge in [0, 0.05) is 37.9 Å². The summed E-state index contributed by atoms with van der Waals surface area (Å²) in [6.07, 6.45) is 0.913. The number of nitrogens with one attached hydrogen (secondary N) is 1. The van der Waals surface area contributed by atoms with Crippen LogP contribution in [0, 0.1) is 0 Å². The van der Waals surface area contributed by atoms with Gasteiger partial charge < -0.3 is 10.2 Å². The summed E-state index contributed by atoms with van der Waals surface area (Å²) in [6, 6.07) is 15.6. The average molecular weight is 427 g/mol. The number of carbonyl (C=O) groups excluding carboxylic acids is 2. The molecule has 2 aromatic rings. The molecule has 2 aromatic carbocycles. The molecule has 1 fully saturated rings. The lowest BCUT2D eigenvalue weighted by atomic mass is 10.1. The summed E-state index contributed by atoms with van der Waals surface area (Å²) in [6.45, 7) is 5.91. The van der Waals surface area contributed by atoms with Gasteiger partial charge in [0.05, 0.1) is 23.8 Å². The number of nitrogens with zero attached hydrogens (tertiary/aromatic N) is 3. The summed E-state index contributed by atoms with van der Waals surface area (Å²) in [7, 11) is 0. The third-order valence-corrected chi connectivity index (χ3v) is 6.14. The number of hydrogen-bond acceptors (Lipinski definition) is 4. The van der Waals surface area contributed by atoms with Gasteiger partial charge >= 0.3 is 0 Å². The summed E-state index contributed by atoms with van der Waals surface area (Å²) in [4.78, 5) is 31.5. The largest absolute Gasteiger partial charge is 0.324 e. The van der Waals surface area contributed by atoms with Gasteiger partial charge in [-0.3, -0.25) is 19.4 Å². The number of amides is 2. The number of carbonyl (C=O) groups is 2. The molecule has 0 aliphatic carbocycles. The van der Waals surface area contributed by atoms with Gasteiger partial charge in [-0.2, -0.15) is 0 Å². The van der Waals surface area contributed by atoms with Crippen molar-refractivity contribution in [3.63, 3.8) is 0 Å². The second-order valence-corrected chi connectivity index (χ2v) is 8.43. The molecule has 0 radical (unpaired) electrons. The average Bonchev–Trinajstić information content (AvgIpc) is 3.07. The molecule has 0 bridgehead atoms. The Morgan fingerprint density at radius 2 is 1.60 bits per heavy atom. The Balaban J connectivity index is 1.25. The van der Waals surface area contributed by atoms with Gasteiger partial charge in [-0.25, -0.2) is 0 Å². The highest BCUT2D eigenvalue weighted by Gasteiger charge is 2.32. The van der Waals surface area contributed by atoms with E-state index >= 15 is 0 Å². The van der Waals surface area contributed by atoms with Crippen LogP contribution in [0.3, 0.4) is 0 Å². The molecule has 0 unspecified atom stereocenters. The highest BCUT2D eigenvalue weighted by molar-refractivity contribution is 6.33. The number of piperazine rings is 1. The van der Waals surface area contributed by atoms with Crippen LogP contribution < -0.4 is 10.2 Å². The second-order valence-electron chi connectivity index (χ2n) is 8.03. The van der Waals surface area contributed by atoms with Crippen molar-refractivity contribution in [3.05, 3.63) is 59.1 Å². The zero-order valence-corrected chi connectivity index (χ0v) is 17.9. The summed E-state index contributed by atoms with van der Waals surface area (Å²) in [5.74, 6) is 0.0764. The molecule has 6 nitrogen and oxygen atoms in total. The number of benzene rings is 2. The fourth-order valence-corrected chi connectivity index (χ4v) is 4.46. The van der Waals surface area contributed by atoms with Crippen molar-refractivity contribution in [2.75, 3.05) is 49.5 Å². The zero-order valence-electron chi connectivity index (χ0n) is 17.2. The van der Waals surface area contributed by atoms with Gasteiger partial charge in [0.1, 0.15) is 0 Å². The smallest absolute Gasteiger partial charge is 0.241 e. The van der Waals surface area contributed by atoms with Crippen LogP contribution in [-0.2, 0) is 16.0 Å². The molecule has 7 heteroatoms. The van der Waals surface area contributed by atoms with Gasteiger partial charge in [0.2, 0.25) is 11.8 Å². The van der Waals surface area contributed by atoms with E-state index in [-0.39, 0.29) is 17.9 Å². The van der Waals surface area contributed by atoms with Gasteiger partial charge in [0.25, 0.3) is 0 Å². The van der Waals surface area contributed by atoms with Crippen LogP contribution in [0.1, 0.15) is 12.5 Å². The van der Waals surface area contributed by atoms with Crippen molar-refractivity contribution in [1.82, 2.24) is 9.80 Å². The lowest BCUT2D eigenvalue weighted by Crippen LogP contribution is -2.52. The van der Waals surface area contributed by atoms with E-state index in [1.807, 2.05) is 35.2 Å². The molecule has 0 aromatic heterocycles. The molecule has 4 rings (SSSR count). The number of hydrogen-bond donors (Lipinski definition) is 1. The molecule has 2 aliphatic rings. The molecule has 30 heavy (non-hydrogen) atoms. The summed E-state index contributed by atoms with van der Waals surface area (Å²) in [5, 5.41) is 3.40. The van der Waals surface area contributed by atoms with E-state index in [0.717, 1.165) is 38.3 Å². The molecule has 2 amide bonds. The molecule has 1 saturated heterocycles. The Bertz CT molecular complexity index is 927. The van der Waals surface area contributed by atoms with Crippen LogP contribution in [0.5, 0.6) is 0 Å². The van der Waals surface area contributed by atoms with Crippen LogP contribution in [-0.4, -0.2) is 66.9 Å². The first-order valence-corrected chi connectivity index (χ1v) is 10.8. The Hall–Kier alpha value is -2.41. The van der Waals surface area contributed by atoms with Crippen LogP contribution in [0.2, 0.25) is 5.02 Å². The minimum Gasteiger partial charge on any atom is -0.324 e. The van der Waals surface area contributed by atoms with Crippen molar-refractivity contribution in [3.8, 4) is 0 Å². The molecular formula is C23H27ClN4O2. The van der Waals surface area contributed by atoms with E-state index in [0.29, 0.717) is 23.8 Å². The topological polar surface area (TPSA) is 55.9 Å². The van der Waals surface area contributed by atoms with Crippen molar-refractivity contribution < 1.29 is 9.59 Å². The van der Waals surface area contributed by atoms with Gasteiger partial charge in [-0.05, 0) is 37.1 Å². The monoisotopic (exact) mass is 426 g/mol. The number of halogens is 1. The first-order valence-electron chi connectivity index (χ1n) is 10.4. The molecule has 1 N–H and O–H groups in total. The first-order chi connectivity index (χ1) is 14.5. The van der Waals surface area contributed by atoms with E-state index in [9.17, 15) is 9.59 Å². The fourth-order valence-electron chi connectivity index (χ4n) is 4.27. The lowest BCUT2D eigenvalue weighted by Gasteiger charge is -2.35. The van der Waals surface area contributed by atoms with Gasteiger partial charge in [-0.1, -0.05) is 41.9 Å². The Kier molecular flexibility index (Phi) is 6.37. The van der Waals surface area contributed by atoms with E-state index in [2.05, 4.69) is 28.1 Å². The fraction of sp³-hybridized carbons (Fsp3) is 0.391. The molecule has 2 heterocycles. The van der Waals surface area contributed by atoms with Crippen molar-refractivity contribution in [1.29, 1.82) is 0 Å². The maximum Gasteiger partial charge on any atom is 0.241 e. The Morgan fingerprint density at radius 1 is 0.967 bits per heavy atom. The summed E-state index contributed by atoms with van der Waals surface area (Å²) >= 11 is 6.10. The first kappa shape index (κ1) is 20.8. The standard InChI is InChI=1S/C23H27ClN4O2/c1-17-14-18-6-2-5-9-21(18)28(17)23(30)16-27-12-10-26(11-13-27)15-22(29)25-20-8-4-3-7-19(20)24/h2-9,17H,10-16H2,1H3,(H,25,29)/t17-/m1/s1. The van der Waals surface area contributed by atoms with E-state index in [4.69, 9.17) is 11.6 Å². The third kappa shape index (κ3) is 4.67. The van der Waals surface area contributed by atoms with Crippen LogP contribution in [0.15, 0.2) is 48.5 Å². The Morgan fingerprint density at radius 3 is 2.33 bits per heavy atom. The minimum absolute atomic E-state index is 0.0740. The highest BCUT2D eigenvalue weighted by atomic mass is 35.5. The van der Waals surface area contributed by atoms with Crippen molar-refractivity contribution in [2.24, 2.45) is 0 Å². The molecule has 2 aliphatic heterocycles. The normalized spacial score (nSPS) is 19.5.